The topological polar surface area (TPSA) is 55.4 Å². The monoisotopic (exact) mass is 323 g/mol. The Morgan fingerprint density at radius 2 is 1.65 bits per heavy atom. The number of rotatable bonds is 11. The molecule has 1 unspecified atom stereocenters. The number of hydrogen-bond acceptors (Lipinski definition) is 3. The number of ketones is 1. The fourth-order valence-corrected chi connectivity index (χ4v) is 2.02. The molecule has 0 heterocycles. The predicted octanol–water partition coefficient (Wildman–Crippen LogP) is 4.02. The SMILES string of the molecule is CNC(=O)CCCCC(=O)C(C)/C=C\C(=C/C(C)C)OC(C)C. The number of allylic oxidation sites excluding steroid dienone is 3. The van der Waals surface area contributed by atoms with Crippen LogP contribution >= 0.6 is 0 Å². The highest BCUT2D eigenvalue weighted by Crippen LogP contribution is 2.13. The van der Waals surface area contributed by atoms with E-state index in [1.807, 2.05) is 32.9 Å². The van der Waals surface area contributed by atoms with Crippen LogP contribution in [0.25, 0.3) is 0 Å². The van der Waals surface area contributed by atoms with Gasteiger partial charge in [-0.15, -0.1) is 0 Å². The Balaban J connectivity index is 4.38. The molecule has 0 aromatic heterocycles. The normalized spacial score (nSPS) is 13.7. The van der Waals surface area contributed by atoms with Crippen LogP contribution in [0.4, 0.5) is 0 Å². The van der Waals surface area contributed by atoms with Gasteiger partial charge in [0.2, 0.25) is 5.91 Å². The van der Waals surface area contributed by atoms with Crippen molar-refractivity contribution in [2.45, 2.75) is 66.4 Å². The van der Waals surface area contributed by atoms with E-state index in [1.165, 1.54) is 0 Å². The molecule has 0 spiro atoms. The van der Waals surface area contributed by atoms with E-state index in [9.17, 15) is 9.59 Å². The fraction of sp³-hybridized carbons (Fsp3) is 0.684. The highest BCUT2D eigenvalue weighted by Gasteiger charge is 2.10. The van der Waals surface area contributed by atoms with Crippen molar-refractivity contribution in [1.29, 1.82) is 0 Å². The van der Waals surface area contributed by atoms with Gasteiger partial charge in [-0.2, -0.15) is 0 Å². The Kier molecular flexibility index (Phi) is 11.1. The molecule has 4 heteroatoms. The van der Waals surface area contributed by atoms with Crippen molar-refractivity contribution in [2.24, 2.45) is 11.8 Å². The second kappa shape index (κ2) is 11.9. The summed E-state index contributed by atoms with van der Waals surface area (Å²) in [7, 11) is 1.63. The lowest BCUT2D eigenvalue weighted by atomic mass is 10.00. The average Bonchev–Trinajstić information content (AvgIpc) is 2.47. The maximum atomic E-state index is 12.1. The number of amides is 1. The van der Waals surface area contributed by atoms with Crippen molar-refractivity contribution < 1.29 is 14.3 Å². The molecule has 0 aliphatic rings. The van der Waals surface area contributed by atoms with E-state index in [2.05, 4.69) is 25.2 Å². The van der Waals surface area contributed by atoms with E-state index in [0.29, 0.717) is 18.8 Å². The van der Waals surface area contributed by atoms with Crippen molar-refractivity contribution in [3.05, 3.63) is 24.0 Å². The summed E-state index contributed by atoms with van der Waals surface area (Å²) in [6.45, 7) is 10.1. The molecule has 0 bridgehead atoms. The molecule has 1 atom stereocenters. The van der Waals surface area contributed by atoms with Crippen LogP contribution in [0.15, 0.2) is 24.0 Å². The van der Waals surface area contributed by atoms with Gasteiger partial charge in [0.15, 0.2) is 0 Å². The summed E-state index contributed by atoms with van der Waals surface area (Å²) >= 11 is 0. The summed E-state index contributed by atoms with van der Waals surface area (Å²) in [5.74, 6) is 1.30. The van der Waals surface area contributed by atoms with Crippen LogP contribution in [0.1, 0.15) is 60.3 Å². The molecule has 0 saturated carbocycles. The second-order valence-electron chi connectivity index (χ2n) is 6.47. The Hall–Kier alpha value is -1.58. The van der Waals surface area contributed by atoms with Gasteiger partial charge < -0.3 is 10.1 Å². The van der Waals surface area contributed by atoms with E-state index >= 15 is 0 Å². The summed E-state index contributed by atoms with van der Waals surface area (Å²) in [6.07, 6.45) is 8.45. The highest BCUT2D eigenvalue weighted by atomic mass is 16.5. The summed E-state index contributed by atoms with van der Waals surface area (Å²) in [5, 5.41) is 2.58. The van der Waals surface area contributed by atoms with Gasteiger partial charge in [-0.05, 0) is 44.8 Å². The molecule has 0 radical (unpaired) electrons. The number of carbonyl (C=O) groups is 2. The molecular weight excluding hydrogens is 290 g/mol. The highest BCUT2D eigenvalue weighted by molar-refractivity contribution is 5.82. The standard InChI is InChI=1S/C19H33NO3/c1-14(2)13-17(23-15(3)4)12-11-16(5)18(21)9-7-8-10-19(22)20-6/h11-16H,7-10H2,1-6H3,(H,20,22)/b12-11-,17-13+. The van der Waals surface area contributed by atoms with Gasteiger partial charge in [0.05, 0.1) is 6.10 Å². The van der Waals surface area contributed by atoms with Gasteiger partial charge in [0, 0.05) is 25.8 Å². The molecule has 0 aliphatic heterocycles. The van der Waals surface area contributed by atoms with Gasteiger partial charge in [0.1, 0.15) is 11.5 Å². The first-order chi connectivity index (χ1) is 10.8. The number of unbranched alkanes of at least 4 members (excludes halogenated alkanes) is 1. The molecule has 0 rings (SSSR count). The molecule has 4 nitrogen and oxygen atoms in total. The van der Waals surface area contributed by atoms with E-state index in [-0.39, 0.29) is 23.7 Å². The third kappa shape index (κ3) is 11.6. The van der Waals surface area contributed by atoms with E-state index in [0.717, 1.165) is 18.6 Å². The molecular formula is C19H33NO3. The van der Waals surface area contributed by atoms with E-state index < -0.39 is 0 Å². The van der Waals surface area contributed by atoms with Crippen LogP contribution in [0.3, 0.4) is 0 Å². The maximum Gasteiger partial charge on any atom is 0.219 e. The Morgan fingerprint density at radius 3 is 2.17 bits per heavy atom. The smallest absolute Gasteiger partial charge is 0.219 e. The maximum absolute atomic E-state index is 12.1. The largest absolute Gasteiger partial charge is 0.491 e. The van der Waals surface area contributed by atoms with Crippen LogP contribution in [0, 0.1) is 11.8 Å². The number of ether oxygens (including phenoxy) is 1. The van der Waals surface area contributed by atoms with Gasteiger partial charge in [-0.1, -0.05) is 26.8 Å². The Bertz CT molecular complexity index is 422. The minimum atomic E-state index is -0.138. The molecule has 23 heavy (non-hydrogen) atoms. The van der Waals surface area contributed by atoms with Gasteiger partial charge in [-0.3, -0.25) is 9.59 Å². The zero-order chi connectivity index (χ0) is 17.8. The zero-order valence-corrected chi connectivity index (χ0v) is 15.5. The Labute approximate surface area is 141 Å². The van der Waals surface area contributed by atoms with Crippen LogP contribution in [0.2, 0.25) is 0 Å². The first-order valence-electron chi connectivity index (χ1n) is 8.56. The number of carbonyl (C=O) groups excluding carboxylic acids is 2. The van der Waals surface area contributed by atoms with E-state index in [4.69, 9.17) is 4.74 Å². The molecule has 0 fully saturated rings. The van der Waals surface area contributed by atoms with E-state index in [1.54, 1.807) is 7.05 Å². The molecule has 0 aliphatic carbocycles. The Morgan fingerprint density at radius 1 is 1.04 bits per heavy atom. The second-order valence-corrected chi connectivity index (χ2v) is 6.47. The lowest BCUT2D eigenvalue weighted by Crippen LogP contribution is -2.17. The lowest BCUT2D eigenvalue weighted by Gasteiger charge is -2.12. The van der Waals surface area contributed by atoms with Gasteiger partial charge in [0.25, 0.3) is 0 Å². The minimum Gasteiger partial charge on any atom is -0.491 e. The summed E-state index contributed by atoms with van der Waals surface area (Å²) < 4.78 is 5.75. The van der Waals surface area contributed by atoms with Crippen molar-refractivity contribution in [3.8, 4) is 0 Å². The molecule has 132 valence electrons. The summed E-state index contributed by atoms with van der Waals surface area (Å²) in [5.41, 5.74) is 0. The van der Waals surface area contributed by atoms with Gasteiger partial charge in [-0.25, -0.2) is 0 Å². The first kappa shape index (κ1) is 21.4. The lowest BCUT2D eigenvalue weighted by molar-refractivity contribution is -0.122. The molecule has 0 aromatic rings. The molecule has 0 aromatic carbocycles. The third-order valence-electron chi connectivity index (χ3n) is 3.28. The average molecular weight is 323 g/mol. The molecule has 0 saturated heterocycles. The number of nitrogens with one attached hydrogen (secondary N) is 1. The van der Waals surface area contributed by atoms with Crippen LogP contribution in [-0.4, -0.2) is 24.8 Å². The van der Waals surface area contributed by atoms with Crippen molar-refractivity contribution in [2.75, 3.05) is 7.05 Å². The number of hydrogen-bond donors (Lipinski definition) is 1. The van der Waals surface area contributed by atoms with Crippen molar-refractivity contribution in [1.82, 2.24) is 5.32 Å². The minimum absolute atomic E-state index is 0.0275. The predicted molar refractivity (Wildman–Crippen MR) is 95.0 cm³/mol. The quantitative estimate of drug-likeness (QED) is 0.355. The number of Topliss-reactive ketones (excluding diaryl/α,β-unsaturated/α-hetero) is 1. The van der Waals surface area contributed by atoms with Crippen molar-refractivity contribution in [3.63, 3.8) is 0 Å². The van der Waals surface area contributed by atoms with Gasteiger partial charge >= 0.3 is 0 Å². The fourth-order valence-electron chi connectivity index (χ4n) is 2.02. The van der Waals surface area contributed by atoms with Crippen molar-refractivity contribution >= 4 is 11.7 Å². The molecule has 1 N–H and O–H groups in total. The molecule has 1 amide bonds. The summed E-state index contributed by atoms with van der Waals surface area (Å²) in [6, 6.07) is 0. The first-order valence-corrected chi connectivity index (χ1v) is 8.56. The van der Waals surface area contributed by atoms with Crippen LogP contribution < -0.4 is 5.32 Å². The van der Waals surface area contributed by atoms with Crippen LogP contribution in [-0.2, 0) is 14.3 Å². The third-order valence-corrected chi connectivity index (χ3v) is 3.28. The van der Waals surface area contributed by atoms with Crippen LogP contribution in [0.5, 0.6) is 0 Å². The zero-order valence-electron chi connectivity index (χ0n) is 15.5. The summed E-state index contributed by atoms with van der Waals surface area (Å²) in [4.78, 5) is 23.2.